The molecule has 2 bridgehead atoms. The fourth-order valence-corrected chi connectivity index (χ4v) is 2.49. The molecule has 0 spiro atoms. The smallest absolute Gasteiger partial charge is 0.269 e. The number of hydrogen-bond donors (Lipinski definition) is 3. The largest absolute Gasteiger partial charge is 0.382 e. The molecule has 0 aromatic carbocycles. The van der Waals surface area contributed by atoms with Gasteiger partial charge in [0.1, 0.15) is 11.5 Å². The monoisotopic (exact) mass is 222 g/mol. The van der Waals surface area contributed by atoms with Crippen LogP contribution < -0.4 is 11.1 Å². The maximum atomic E-state index is 11.8. The molecule has 1 aromatic rings. The number of nitrogens with two attached hydrogens (primary N) is 1. The highest BCUT2D eigenvalue weighted by atomic mass is 16.5. The lowest BCUT2D eigenvalue weighted by molar-refractivity contribution is 0.0837. The van der Waals surface area contributed by atoms with Gasteiger partial charge in [-0.25, -0.2) is 0 Å². The Morgan fingerprint density at radius 3 is 3.06 bits per heavy atom. The molecular formula is C10H14N4O2. The molecule has 2 aliphatic heterocycles. The minimum Gasteiger partial charge on any atom is -0.382 e. The predicted molar refractivity (Wildman–Crippen MR) is 56.8 cm³/mol. The summed E-state index contributed by atoms with van der Waals surface area (Å²) in [5.41, 5.74) is 5.84. The van der Waals surface area contributed by atoms with E-state index in [-0.39, 0.29) is 18.1 Å². The third-order valence-electron chi connectivity index (χ3n) is 3.26. The van der Waals surface area contributed by atoms with Crippen molar-refractivity contribution in [2.75, 3.05) is 5.73 Å². The molecule has 2 aliphatic rings. The van der Waals surface area contributed by atoms with E-state index >= 15 is 0 Å². The van der Waals surface area contributed by atoms with E-state index in [0.717, 1.165) is 19.3 Å². The van der Waals surface area contributed by atoms with Gasteiger partial charge in [-0.1, -0.05) is 0 Å². The van der Waals surface area contributed by atoms with E-state index in [0.29, 0.717) is 17.6 Å². The molecule has 1 aromatic heterocycles. The molecule has 6 heteroatoms. The van der Waals surface area contributed by atoms with Crippen molar-refractivity contribution in [3.8, 4) is 0 Å². The van der Waals surface area contributed by atoms with Crippen molar-refractivity contribution in [3.05, 3.63) is 11.8 Å². The lowest BCUT2D eigenvalue weighted by atomic mass is 9.95. The van der Waals surface area contributed by atoms with Crippen molar-refractivity contribution in [1.29, 1.82) is 0 Å². The number of H-pyrrole nitrogens is 1. The molecule has 3 unspecified atom stereocenters. The highest BCUT2D eigenvalue weighted by molar-refractivity contribution is 5.93. The number of nitrogen functional groups attached to an aromatic ring is 1. The maximum Gasteiger partial charge on any atom is 0.269 e. The minimum atomic E-state index is -0.162. The summed E-state index contributed by atoms with van der Waals surface area (Å²) < 4.78 is 5.66. The number of aromatic nitrogens is 2. The maximum absolute atomic E-state index is 11.8. The Morgan fingerprint density at radius 2 is 2.50 bits per heavy atom. The van der Waals surface area contributed by atoms with Crippen molar-refractivity contribution in [2.45, 2.75) is 37.5 Å². The van der Waals surface area contributed by atoms with Gasteiger partial charge < -0.3 is 15.8 Å². The predicted octanol–water partition coefficient (Wildman–Crippen LogP) is 0.0416. The average Bonchev–Trinajstić information content (AvgIpc) is 2.92. The first kappa shape index (κ1) is 9.65. The molecule has 86 valence electrons. The Balaban J connectivity index is 1.65. The number of carbonyl (C=O) groups is 1. The van der Waals surface area contributed by atoms with Crippen LogP contribution in [0, 0.1) is 0 Å². The van der Waals surface area contributed by atoms with Crippen LogP contribution in [0.5, 0.6) is 0 Å². The van der Waals surface area contributed by atoms with Crippen LogP contribution in [0.25, 0.3) is 0 Å². The molecule has 0 saturated carbocycles. The van der Waals surface area contributed by atoms with Crippen LogP contribution >= 0.6 is 0 Å². The molecular weight excluding hydrogens is 208 g/mol. The van der Waals surface area contributed by atoms with Crippen LogP contribution in [0.4, 0.5) is 5.82 Å². The molecule has 3 atom stereocenters. The van der Waals surface area contributed by atoms with Crippen LogP contribution in [-0.4, -0.2) is 34.4 Å². The van der Waals surface area contributed by atoms with Crippen molar-refractivity contribution >= 4 is 11.7 Å². The third-order valence-corrected chi connectivity index (χ3v) is 3.26. The Hall–Kier alpha value is -1.56. The quantitative estimate of drug-likeness (QED) is 0.658. The number of aromatic amines is 1. The van der Waals surface area contributed by atoms with Crippen LogP contribution in [0.15, 0.2) is 6.07 Å². The summed E-state index contributed by atoms with van der Waals surface area (Å²) in [4.78, 5) is 11.8. The second kappa shape index (κ2) is 3.48. The molecule has 6 nitrogen and oxygen atoms in total. The molecule has 0 aliphatic carbocycles. The van der Waals surface area contributed by atoms with Gasteiger partial charge in [-0.05, 0) is 19.3 Å². The van der Waals surface area contributed by atoms with Crippen molar-refractivity contribution in [2.24, 2.45) is 0 Å². The SMILES string of the molecule is Nc1cc(C(=O)NC2CC3CCC2O3)[nH]n1. The minimum absolute atomic E-state index is 0.135. The fourth-order valence-electron chi connectivity index (χ4n) is 2.49. The summed E-state index contributed by atoms with van der Waals surface area (Å²) in [5.74, 6) is 0.166. The second-order valence-electron chi connectivity index (χ2n) is 4.40. The summed E-state index contributed by atoms with van der Waals surface area (Å²) >= 11 is 0. The molecule has 3 heterocycles. The van der Waals surface area contributed by atoms with E-state index in [1.165, 1.54) is 6.07 Å². The zero-order valence-corrected chi connectivity index (χ0v) is 8.77. The standard InChI is InChI=1S/C10H14N4O2/c11-9-4-7(13-14-9)10(15)12-6-3-5-1-2-8(6)16-5/h4-6,8H,1-3H2,(H,12,15)(H3,11,13,14). The normalized spacial score (nSPS) is 31.9. The number of amides is 1. The van der Waals surface area contributed by atoms with Crippen molar-refractivity contribution < 1.29 is 9.53 Å². The summed E-state index contributed by atoms with van der Waals surface area (Å²) in [6.07, 6.45) is 3.60. The summed E-state index contributed by atoms with van der Waals surface area (Å²) in [6, 6.07) is 1.67. The number of nitrogens with one attached hydrogen (secondary N) is 2. The zero-order chi connectivity index (χ0) is 11.1. The fraction of sp³-hybridized carbons (Fsp3) is 0.600. The van der Waals surface area contributed by atoms with E-state index in [1.807, 2.05) is 0 Å². The molecule has 0 radical (unpaired) electrons. The van der Waals surface area contributed by atoms with Crippen LogP contribution in [0.2, 0.25) is 0 Å². The molecule has 16 heavy (non-hydrogen) atoms. The average molecular weight is 222 g/mol. The third kappa shape index (κ3) is 1.55. The van der Waals surface area contributed by atoms with Gasteiger partial charge in [-0.2, -0.15) is 5.10 Å². The van der Waals surface area contributed by atoms with E-state index in [9.17, 15) is 4.79 Å². The molecule has 3 rings (SSSR count). The van der Waals surface area contributed by atoms with Gasteiger partial charge >= 0.3 is 0 Å². The number of nitrogens with zero attached hydrogens (tertiary/aromatic N) is 1. The first-order chi connectivity index (χ1) is 7.72. The zero-order valence-electron chi connectivity index (χ0n) is 8.77. The van der Waals surface area contributed by atoms with Crippen molar-refractivity contribution in [1.82, 2.24) is 15.5 Å². The first-order valence-electron chi connectivity index (χ1n) is 5.49. The van der Waals surface area contributed by atoms with Crippen LogP contribution in [-0.2, 0) is 4.74 Å². The number of fused-ring (bicyclic) bond motifs is 2. The lowest BCUT2D eigenvalue weighted by Gasteiger charge is -2.19. The summed E-state index contributed by atoms with van der Waals surface area (Å²) in [6.45, 7) is 0. The first-order valence-corrected chi connectivity index (χ1v) is 5.49. The number of anilines is 1. The Labute approximate surface area is 92.5 Å². The van der Waals surface area contributed by atoms with Gasteiger partial charge in [0.25, 0.3) is 5.91 Å². The molecule has 2 fully saturated rings. The van der Waals surface area contributed by atoms with E-state index in [2.05, 4.69) is 15.5 Å². The van der Waals surface area contributed by atoms with E-state index in [4.69, 9.17) is 10.5 Å². The van der Waals surface area contributed by atoms with E-state index < -0.39 is 0 Å². The van der Waals surface area contributed by atoms with Crippen LogP contribution in [0.3, 0.4) is 0 Å². The molecule has 4 N–H and O–H groups in total. The molecule has 2 saturated heterocycles. The van der Waals surface area contributed by atoms with Gasteiger partial charge in [-0.15, -0.1) is 0 Å². The number of ether oxygens (including phenoxy) is 1. The Bertz CT molecular complexity index is 417. The van der Waals surface area contributed by atoms with Crippen LogP contribution in [0.1, 0.15) is 29.8 Å². The highest BCUT2D eigenvalue weighted by Gasteiger charge is 2.41. The van der Waals surface area contributed by atoms with Gasteiger partial charge in [0, 0.05) is 6.07 Å². The molecule has 1 amide bonds. The number of carbonyl (C=O) groups excluding carboxylic acids is 1. The number of hydrogen-bond acceptors (Lipinski definition) is 4. The van der Waals surface area contributed by atoms with Gasteiger partial charge in [-0.3, -0.25) is 9.89 Å². The lowest BCUT2D eigenvalue weighted by Crippen LogP contribution is -2.41. The highest BCUT2D eigenvalue weighted by Crippen LogP contribution is 2.34. The van der Waals surface area contributed by atoms with E-state index in [1.54, 1.807) is 0 Å². The van der Waals surface area contributed by atoms with Gasteiger partial charge in [0.05, 0.1) is 18.2 Å². The topological polar surface area (TPSA) is 93.0 Å². The van der Waals surface area contributed by atoms with Crippen molar-refractivity contribution in [3.63, 3.8) is 0 Å². The van der Waals surface area contributed by atoms with Gasteiger partial charge in [0.15, 0.2) is 0 Å². The Kier molecular flexibility index (Phi) is 2.10. The second-order valence-corrected chi connectivity index (χ2v) is 4.40. The number of rotatable bonds is 2. The van der Waals surface area contributed by atoms with Gasteiger partial charge in [0.2, 0.25) is 0 Å². The Morgan fingerprint density at radius 1 is 1.62 bits per heavy atom. The summed E-state index contributed by atoms with van der Waals surface area (Å²) in [5, 5.41) is 9.27. The summed E-state index contributed by atoms with van der Waals surface area (Å²) in [7, 11) is 0.